The molecule has 1 nitrogen and oxygen atoms in total. The first kappa shape index (κ1) is 14.5. The van der Waals surface area contributed by atoms with Gasteiger partial charge >= 0.3 is 12.3 Å². The van der Waals surface area contributed by atoms with Gasteiger partial charge in [0.25, 0.3) is 5.67 Å². The summed E-state index contributed by atoms with van der Waals surface area (Å²) < 4.78 is 75.1. The maximum atomic E-state index is 13.5. The minimum atomic E-state index is -5.84. The van der Waals surface area contributed by atoms with Gasteiger partial charge in [0.15, 0.2) is 0 Å². The van der Waals surface area contributed by atoms with E-state index in [1.807, 2.05) is 0 Å². The molecule has 0 bridgehead atoms. The highest BCUT2D eigenvalue weighted by Gasteiger charge is 2.76. The van der Waals surface area contributed by atoms with Gasteiger partial charge in [-0.1, -0.05) is 20.8 Å². The summed E-state index contributed by atoms with van der Waals surface area (Å²) >= 11 is 0. The minimum absolute atomic E-state index is 0.501. The molecule has 15 heavy (non-hydrogen) atoms. The molecular formula is C8H12F6O. The van der Waals surface area contributed by atoms with Gasteiger partial charge < -0.3 is 5.11 Å². The average Bonchev–Trinajstić information content (AvgIpc) is 1.98. The predicted molar refractivity (Wildman–Crippen MR) is 41.1 cm³/mol. The van der Waals surface area contributed by atoms with Crippen molar-refractivity contribution in [2.45, 2.75) is 45.1 Å². The van der Waals surface area contributed by atoms with Crippen molar-refractivity contribution >= 4 is 0 Å². The van der Waals surface area contributed by atoms with Gasteiger partial charge in [0.2, 0.25) is 0 Å². The van der Waals surface area contributed by atoms with Crippen LogP contribution in [0.5, 0.6) is 0 Å². The van der Waals surface area contributed by atoms with Crippen molar-refractivity contribution < 1.29 is 31.4 Å². The summed E-state index contributed by atoms with van der Waals surface area (Å²) in [4.78, 5) is 0. The zero-order chi connectivity index (χ0) is 12.7. The molecule has 0 aromatic rings. The lowest BCUT2D eigenvalue weighted by Gasteiger charge is -2.42. The highest BCUT2D eigenvalue weighted by molar-refractivity contribution is 5.04. The van der Waals surface area contributed by atoms with Gasteiger partial charge in [0.05, 0.1) is 0 Å². The van der Waals surface area contributed by atoms with Crippen LogP contribution < -0.4 is 0 Å². The molecule has 0 heterocycles. The summed E-state index contributed by atoms with van der Waals surface area (Å²) in [5.74, 6) is 0. The molecule has 92 valence electrons. The van der Waals surface area contributed by atoms with Crippen molar-refractivity contribution in [3.63, 3.8) is 0 Å². The second-order valence-corrected chi connectivity index (χ2v) is 3.93. The van der Waals surface area contributed by atoms with Crippen molar-refractivity contribution in [2.75, 3.05) is 0 Å². The monoisotopic (exact) mass is 238 g/mol. The molecule has 0 amide bonds. The first-order chi connectivity index (χ1) is 6.31. The molecule has 0 rings (SSSR count). The lowest BCUT2D eigenvalue weighted by Crippen LogP contribution is -2.63. The molecule has 1 N–H and O–H groups in total. The minimum Gasteiger partial charge on any atom is -0.333 e. The third-order valence-corrected chi connectivity index (χ3v) is 2.62. The number of alkyl halides is 6. The Morgan fingerprint density at radius 2 is 1.27 bits per heavy atom. The number of hydrogen-bond donors (Lipinski definition) is 1. The van der Waals surface area contributed by atoms with Crippen LogP contribution in [0.4, 0.5) is 26.3 Å². The molecular weight excluding hydrogens is 226 g/mol. The maximum Gasteiger partial charge on any atom is 0.431 e. The Hall–Kier alpha value is -0.460. The Morgan fingerprint density at radius 3 is 1.33 bits per heavy atom. The van der Waals surface area contributed by atoms with Gasteiger partial charge in [-0.25, -0.2) is 4.39 Å². The fourth-order valence-electron chi connectivity index (χ4n) is 1.20. The molecule has 1 atom stereocenters. The molecule has 0 saturated carbocycles. The molecule has 0 radical (unpaired) electrons. The van der Waals surface area contributed by atoms with Crippen LogP contribution in [0.25, 0.3) is 0 Å². The Bertz CT molecular complexity index is 212. The topological polar surface area (TPSA) is 20.2 Å². The first-order valence-corrected chi connectivity index (χ1v) is 4.17. The van der Waals surface area contributed by atoms with Crippen LogP contribution in [-0.4, -0.2) is 23.1 Å². The number of hydrogen-bond acceptors (Lipinski definition) is 1. The smallest absolute Gasteiger partial charge is 0.333 e. The van der Waals surface area contributed by atoms with Gasteiger partial charge in [-0.3, -0.25) is 0 Å². The zero-order valence-electron chi connectivity index (χ0n) is 8.42. The van der Waals surface area contributed by atoms with Gasteiger partial charge in [-0.2, -0.15) is 22.0 Å². The van der Waals surface area contributed by atoms with Crippen molar-refractivity contribution in [1.29, 1.82) is 0 Å². The summed E-state index contributed by atoms with van der Waals surface area (Å²) in [6.45, 7) is 2.50. The van der Waals surface area contributed by atoms with Crippen molar-refractivity contribution in [3.8, 4) is 0 Å². The normalized spacial score (nSPS) is 18.8. The van der Waals surface area contributed by atoms with E-state index in [4.69, 9.17) is 5.11 Å². The Labute approximate surface area is 83.1 Å². The van der Waals surface area contributed by atoms with Crippen LogP contribution in [0.1, 0.15) is 27.2 Å². The van der Waals surface area contributed by atoms with Crippen LogP contribution in [0.2, 0.25) is 0 Å². The standard InChI is InChI=1S/C8H12F6O/c1-4-5(2,3)6(9,7(10,11)12)8(13,14)15/h15H,4H2,1-3H3. The fraction of sp³-hybridized carbons (Fsp3) is 1.00. The average molecular weight is 238 g/mol. The van der Waals surface area contributed by atoms with Gasteiger partial charge in [-0.15, -0.1) is 0 Å². The zero-order valence-corrected chi connectivity index (χ0v) is 8.42. The number of rotatable bonds is 3. The summed E-state index contributed by atoms with van der Waals surface area (Å²) in [5.41, 5.74) is -7.38. The van der Waals surface area contributed by atoms with Crippen molar-refractivity contribution in [3.05, 3.63) is 0 Å². The number of halogens is 6. The van der Waals surface area contributed by atoms with Gasteiger partial charge in [-0.05, 0) is 6.42 Å². The fourth-order valence-corrected chi connectivity index (χ4v) is 1.20. The molecule has 0 aliphatic carbocycles. The van der Waals surface area contributed by atoms with Gasteiger partial charge in [0, 0.05) is 5.41 Å². The summed E-state index contributed by atoms with van der Waals surface area (Å²) in [6, 6.07) is 0. The van der Waals surface area contributed by atoms with Crippen LogP contribution >= 0.6 is 0 Å². The van der Waals surface area contributed by atoms with E-state index in [0.29, 0.717) is 13.8 Å². The lowest BCUT2D eigenvalue weighted by molar-refractivity contribution is -0.396. The third-order valence-electron chi connectivity index (χ3n) is 2.62. The van der Waals surface area contributed by atoms with E-state index in [1.54, 1.807) is 0 Å². The van der Waals surface area contributed by atoms with Crippen LogP contribution in [0, 0.1) is 5.41 Å². The highest BCUT2D eigenvalue weighted by atomic mass is 19.4. The van der Waals surface area contributed by atoms with E-state index < -0.39 is 29.8 Å². The van der Waals surface area contributed by atoms with Crippen LogP contribution in [0.3, 0.4) is 0 Å². The molecule has 0 aliphatic heterocycles. The molecule has 7 heteroatoms. The third kappa shape index (κ3) is 2.07. The molecule has 0 fully saturated rings. The molecule has 0 saturated heterocycles. The van der Waals surface area contributed by atoms with Gasteiger partial charge in [0.1, 0.15) is 0 Å². The Kier molecular flexibility index (Phi) is 3.43. The predicted octanol–water partition coefficient (Wildman–Crippen LogP) is 3.28. The summed E-state index contributed by atoms with van der Waals surface area (Å²) in [5, 5.41) is 8.11. The summed E-state index contributed by atoms with van der Waals surface area (Å²) in [6.07, 6.45) is -11.8. The lowest BCUT2D eigenvalue weighted by atomic mass is 9.73. The molecule has 0 aliphatic rings. The number of aliphatic hydroxyl groups is 1. The quantitative estimate of drug-likeness (QED) is 0.748. The van der Waals surface area contributed by atoms with E-state index in [0.717, 1.165) is 6.92 Å². The van der Waals surface area contributed by atoms with Crippen LogP contribution in [-0.2, 0) is 0 Å². The van der Waals surface area contributed by atoms with E-state index in [1.165, 1.54) is 0 Å². The molecule has 0 aromatic carbocycles. The Morgan fingerprint density at radius 1 is 0.933 bits per heavy atom. The van der Waals surface area contributed by atoms with E-state index in [2.05, 4.69) is 0 Å². The highest BCUT2D eigenvalue weighted by Crippen LogP contribution is 2.55. The SMILES string of the molecule is CCC(C)(C)C(F)(C(O)(F)F)C(F)(F)F. The largest absolute Gasteiger partial charge is 0.431 e. The van der Waals surface area contributed by atoms with Crippen molar-refractivity contribution in [1.82, 2.24) is 0 Å². The molecule has 0 spiro atoms. The van der Waals surface area contributed by atoms with E-state index >= 15 is 0 Å². The summed E-state index contributed by atoms with van der Waals surface area (Å²) in [7, 11) is 0. The second-order valence-electron chi connectivity index (χ2n) is 3.93. The van der Waals surface area contributed by atoms with E-state index in [9.17, 15) is 26.3 Å². The van der Waals surface area contributed by atoms with Crippen molar-refractivity contribution in [2.24, 2.45) is 5.41 Å². The van der Waals surface area contributed by atoms with E-state index in [-0.39, 0.29) is 0 Å². The molecule has 1 unspecified atom stereocenters. The second kappa shape index (κ2) is 3.54. The Balaban J connectivity index is 5.65. The molecule has 0 aromatic heterocycles. The first-order valence-electron chi connectivity index (χ1n) is 4.17. The maximum absolute atomic E-state index is 13.5. The van der Waals surface area contributed by atoms with Crippen LogP contribution in [0.15, 0.2) is 0 Å².